The van der Waals surface area contributed by atoms with Gasteiger partial charge in [-0.3, -0.25) is 0 Å². The monoisotopic (exact) mass is 278 g/mol. The predicted molar refractivity (Wildman–Crippen MR) is 76.0 cm³/mol. The minimum absolute atomic E-state index is 0.282. The first-order valence-corrected chi connectivity index (χ1v) is 7.29. The van der Waals surface area contributed by atoms with Crippen LogP contribution in [-0.4, -0.2) is 48.9 Å². The van der Waals surface area contributed by atoms with Crippen molar-refractivity contribution in [1.29, 1.82) is 0 Å². The van der Waals surface area contributed by atoms with E-state index in [2.05, 4.69) is 4.90 Å². The molecule has 2 atom stereocenters. The summed E-state index contributed by atoms with van der Waals surface area (Å²) < 4.78 is 11.0. The first kappa shape index (κ1) is 13.7. The van der Waals surface area contributed by atoms with Crippen LogP contribution in [0.5, 0.6) is 11.5 Å². The molecule has 0 saturated carbocycles. The Hall–Kier alpha value is -1.30. The Morgan fingerprint density at radius 1 is 1.15 bits per heavy atom. The molecular formula is C15H22N2O3. The number of rotatable bonds is 4. The van der Waals surface area contributed by atoms with Crippen molar-refractivity contribution >= 4 is 0 Å². The number of ether oxygens (including phenoxy) is 2. The Bertz CT molecular complexity index is 460. The van der Waals surface area contributed by atoms with Gasteiger partial charge in [-0.25, -0.2) is 0 Å². The van der Waals surface area contributed by atoms with E-state index in [1.807, 2.05) is 18.2 Å². The SMILES string of the molecule is NC(CN1CCCC1)C(O)c1ccc2c(c1)OCCO2. The summed E-state index contributed by atoms with van der Waals surface area (Å²) in [6.45, 7) is 4.02. The molecule has 5 heteroatoms. The van der Waals surface area contributed by atoms with E-state index in [-0.39, 0.29) is 6.04 Å². The summed E-state index contributed by atoms with van der Waals surface area (Å²) in [5.41, 5.74) is 6.93. The van der Waals surface area contributed by atoms with Crippen LogP contribution in [0.15, 0.2) is 18.2 Å². The van der Waals surface area contributed by atoms with Gasteiger partial charge >= 0.3 is 0 Å². The number of fused-ring (bicyclic) bond motifs is 1. The molecule has 5 nitrogen and oxygen atoms in total. The molecule has 1 aromatic rings. The number of benzene rings is 1. The third-order valence-electron chi connectivity index (χ3n) is 3.98. The maximum Gasteiger partial charge on any atom is 0.161 e. The molecule has 110 valence electrons. The first-order valence-electron chi connectivity index (χ1n) is 7.29. The van der Waals surface area contributed by atoms with E-state index in [9.17, 15) is 5.11 Å². The summed E-state index contributed by atoms with van der Waals surface area (Å²) >= 11 is 0. The lowest BCUT2D eigenvalue weighted by Crippen LogP contribution is -2.40. The average Bonchev–Trinajstić information content (AvgIpc) is 2.99. The zero-order valence-corrected chi connectivity index (χ0v) is 11.6. The third-order valence-corrected chi connectivity index (χ3v) is 3.98. The number of nitrogens with two attached hydrogens (primary N) is 1. The molecule has 0 aromatic heterocycles. The average molecular weight is 278 g/mol. The van der Waals surface area contributed by atoms with Crippen LogP contribution in [0, 0.1) is 0 Å². The standard InChI is InChI=1S/C15H22N2O3/c16-12(10-17-5-1-2-6-17)15(18)11-3-4-13-14(9-11)20-8-7-19-13/h3-4,9,12,15,18H,1-2,5-8,10,16H2. The Morgan fingerprint density at radius 3 is 2.60 bits per heavy atom. The fourth-order valence-corrected chi connectivity index (χ4v) is 2.85. The van der Waals surface area contributed by atoms with E-state index in [0.717, 1.165) is 30.9 Å². The number of aliphatic hydroxyl groups is 1. The molecule has 1 saturated heterocycles. The van der Waals surface area contributed by atoms with Gasteiger partial charge in [-0.1, -0.05) is 6.07 Å². The van der Waals surface area contributed by atoms with Crippen molar-refractivity contribution in [2.75, 3.05) is 32.8 Å². The maximum atomic E-state index is 10.4. The van der Waals surface area contributed by atoms with Gasteiger partial charge in [-0.2, -0.15) is 0 Å². The van der Waals surface area contributed by atoms with Crippen molar-refractivity contribution in [3.63, 3.8) is 0 Å². The number of hydrogen-bond acceptors (Lipinski definition) is 5. The van der Waals surface area contributed by atoms with Crippen LogP contribution in [0.4, 0.5) is 0 Å². The van der Waals surface area contributed by atoms with Crippen molar-refractivity contribution < 1.29 is 14.6 Å². The summed E-state index contributed by atoms with van der Waals surface area (Å²) in [5.74, 6) is 1.43. The fraction of sp³-hybridized carbons (Fsp3) is 0.600. The molecule has 2 aliphatic rings. The first-order chi connectivity index (χ1) is 9.74. The number of likely N-dealkylation sites (tertiary alicyclic amines) is 1. The zero-order chi connectivity index (χ0) is 13.9. The fourth-order valence-electron chi connectivity index (χ4n) is 2.85. The molecule has 0 aliphatic carbocycles. The lowest BCUT2D eigenvalue weighted by Gasteiger charge is -2.26. The van der Waals surface area contributed by atoms with E-state index in [1.165, 1.54) is 12.8 Å². The molecule has 1 fully saturated rings. The summed E-state index contributed by atoms with van der Waals surface area (Å²) in [5, 5.41) is 10.4. The Morgan fingerprint density at radius 2 is 1.85 bits per heavy atom. The highest BCUT2D eigenvalue weighted by Crippen LogP contribution is 2.33. The molecule has 20 heavy (non-hydrogen) atoms. The van der Waals surface area contributed by atoms with Gasteiger partial charge in [0.2, 0.25) is 0 Å². The maximum absolute atomic E-state index is 10.4. The molecule has 0 spiro atoms. The number of hydrogen-bond donors (Lipinski definition) is 2. The molecule has 0 radical (unpaired) electrons. The van der Waals surface area contributed by atoms with Gasteiger partial charge in [0, 0.05) is 12.6 Å². The topological polar surface area (TPSA) is 68.0 Å². The molecule has 0 amide bonds. The van der Waals surface area contributed by atoms with Crippen LogP contribution >= 0.6 is 0 Å². The Balaban J connectivity index is 1.67. The van der Waals surface area contributed by atoms with E-state index in [1.54, 1.807) is 0 Å². The quantitative estimate of drug-likeness (QED) is 0.857. The summed E-state index contributed by atoms with van der Waals surface area (Å²) in [4.78, 5) is 2.31. The molecular weight excluding hydrogens is 256 g/mol. The highest BCUT2D eigenvalue weighted by Gasteiger charge is 2.23. The van der Waals surface area contributed by atoms with E-state index < -0.39 is 6.10 Å². The van der Waals surface area contributed by atoms with Crippen LogP contribution in [0.1, 0.15) is 24.5 Å². The highest BCUT2D eigenvalue weighted by atomic mass is 16.6. The van der Waals surface area contributed by atoms with Crippen molar-refractivity contribution in [2.24, 2.45) is 5.73 Å². The number of aliphatic hydroxyl groups excluding tert-OH is 1. The van der Waals surface area contributed by atoms with Crippen LogP contribution in [0.25, 0.3) is 0 Å². The van der Waals surface area contributed by atoms with Crippen LogP contribution in [-0.2, 0) is 0 Å². The van der Waals surface area contributed by atoms with Gasteiger partial charge in [0.05, 0.1) is 6.10 Å². The highest BCUT2D eigenvalue weighted by molar-refractivity contribution is 5.44. The van der Waals surface area contributed by atoms with Crippen molar-refractivity contribution in [3.8, 4) is 11.5 Å². The minimum atomic E-state index is -0.675. The van der Waals surface area contributed by atoms with Gasteiger partial charge in [0.1, 0.15) is 13.2 Å². The predicted octanol–water partition coefficient (Wildman–Crippen LogP) is 0.914. The minimum Gasteiger partial charge on any atom is -0.486 e. The summed E-state index contributed by atoms with van der Waals surface area (Å²) in [6, 6.07) is 5.26. The molecule has 2 unspecified atom stereocenters. The normalized spacial score (nSPS) is 21.7. The van der Waals surface area contributed by atoms with Crippen molar-refractivity contribution in [3.05, 3.63) is 23.8 Å². The van der Waals surface area contributed by atoms with Gasteiger partial charge in [-0.05, 0) is 43.6 Å². The molecule has 3 rings (SSSR count). The van der Waals surface area contributed by atoms with E-state index >= 15 is 0 Å². The molecule has 2 aliphatic heterocycles. The second-order valence-electron chi connectivity index (χ2n) is 5.52. The summed E-state index contributed by atoms with van der Waals surface area (Å²) in [6.07, 6.45) is 1.78. The second-order valence-corrected chi connectivity index (χ2v) is 5.52. The van der Waals surface area contributed by atoms with E-state index in [0.29, 0.717) is 19.0 Å². The lowest BCUT2D eigenvalue weighted by molar-refractivity contribution is 0.124. The van der Waals surface area contributed by atoms with Gasteiger partial charge < -0.3 is 25.2 Å². The molecule has 2 heterocycles. The third kappa shape index (κ3) is 2.90. The largest absolute Gasteiger partial charge is 0.486 e. The van der Waals surface area contributed by atoms with Crippen LogP contribution < -0.4 is 15.2 Å². The number of nitrogens with zero attached hydrogens (tertiary/aromatic N) is 1. The van der Waals surface area contributed by atoms with E-state index in [4.69, 9.17) is 15.2 Å². The zero-order valence-electron chi connectivity index (χ0n) is 11.6. The molecule has 1 aromatic carbocycles. The van der Waals surface area contributed by atoms with Crippen LogP contribution in [0.2, 0.25) is 0 Å². The van der Waals surface area contributed by atoms with Gasteiger partial charge in [-0.15, -0.1) is 0 Å². The molecule has 3 N–H and O–H groups in total. The van der Waals surface area contributed by atoms with Gasteiger partial charge in [0.25, 0.3) is 0 Å². The van der Waals surface area contributed by atoms with Crippen molar-refractivity contribution in [1.82, 2.24) is 4.90 Å². The van der Waals surface area contributed by atoms with Gasteiger partial charge in [0.15, 0.2) is 11.5 Å². The smallest absolute Gasteiger partial charge is 0.161 e. The Kier molecular flexibility index (Phi) is 4.10. The van der Waals surface area contributed by atoms with Crippen LogP contribution in [0.3, 0.4) is 0 Å². The molecule has 0 bridgehead atoms. The Labute approximate surface area is 119 Å². The lowest BCUT2D eigenvalue weighted by atomic mass is 10.0. The van der Waals surface area contributed by atoms with Crippen molar-refractivity contribution in [2.45, 2.75) is 25.0 Å². The summed E-state index contributed by atoms with van der Waals surface area (Å²) in [7, 11) is 0. The second kappa shape index (κ2) is 5.99.